The second-order valence-electron chi connectivity index (χ2n) is 4.08. The molecule has 5 nitrogen and oxygen atoms in total. The van der Waals surface area contributed by atoms with Crippen LogP contribution in [0.5, 0.6) is 0 Å². The van der Waals surface area contributed by atoms with E-state index in [0.29, 0.717) is 6.54 Å². The van der Waals surface area contributed by atoms with Crippen molar-refractivity contribution in [2.24, 2.45) is 0 Å². The molecule has 0 aromatic carbocycles. The van der Waals surface area contributed by atoms with E-state index in [2.05, 4.69) is 24.1 Å². The van der Waals surface area contributed by atoms with E-state index in [1.807, 2.05) is 0 Å². The van der Waals surface area contributed by atoms with E-state index < -0.39 is 12.0 Å². The smallest absolute Gasteiger partial charge is 0.329 e. The van der Waals surface area contributed by atoms with Gasteiger partial charge in [0.25, 0.3) is 0 Å². The Balaban J connectivity index is 4.45. The molecule has 0 fully saturated rings. The molecule has 0 radical (unpaired) electrons. The average molecular weight is 244 g/mol. The van der Waals surface area contributed by atoms with E-state index in [1.54, 1.807) is 0 Å². The molecule has 1 unspecified atom stereocenters. The number of rotatable bonds is 8. The third kappa shape index (κ3) is 6.94. The molecule has 0 aliphatic rings. The van der Waals surface area contributed by atoms with Crippen LogP contribution in [0.15, 0.2) is 0 Å². The van der Waals surface area contributed by atoms with Crippen molar-refractivity contribution in [1.29, 1.82) is 0 Å². The lowest BCUT2D eigenvalue weighted by Crippen LogP contribution is -2.48. The highest BCUT2D eigenvalue weighted by Gasteiger charge is 2.22. The highest BCUT2D eigenvalue weighted by molar-refractivity contribution is 5.83. The standard InChI is InChI=1S/C12H24N2O3/c1-5-7-14(8-6-2)9-11(12(16)17-4)13-10(3)15/h11H,5-9H2,1-4H3,(H,13,15). The van der Waals surface area contributed by atoms with E-state index in [9.17, 15) is 9.59 Å². The van der Waals surface area contributed by atoms with Crippen molar-refractivity contribution in [3.63, 3.8) is 0 Å². The number of nitrogens with zero attached hydrogens (tertiary/aromatic N) is 1. The summed E-state index contributed by atoms with van der Waals surface area (Å²) in [5.74, 6) is -0.606. The first-order valence-electron chi connectivity index (χ1n) is 6.12. The summed E-state index contributed by atoms with van der Waals surface area (Å²) in [5, 5.41) is 2.62. The van der Waals surface area contributed by atoms with Crippen LogP contribution in [0, 0.1) is 0 Å². The van der Waals surface area contributed by atoms with Gasteiger partial charge in [-0.2, -0.15) is 0 Å². The van der Waals surface area contributed by atoms with Gasteiger partial charge < -0.3 is 15.0 Å². The third-order valence-corrected chi connectivity index (χ3v) is 2.38. The normalized spacial score (nSPS) is 12.3. The number of hydrogen-bond donors (Lipinski definition) is 1. The van der Waals surface area contributed by atoms with Crippen LogP contribution >= 0.6 is 0 Å². The molecule has 0 aliphatic carbocycles. The fourth-order valence-electron chi connectivity index (χ4n) is 1.75. The fraction of sp³-hybridized carbons (Fsp3) is 0.833. The monoisotopic (exact) mass is 244 g/mol. The van der Waals surface area contributed by atoms with E-state index in [-0.39, 0.29) is 5.91 Å². The Labute approximate surface area is 103 Å². The van der Waals surface area contributed by atoms with Crippen LogP contribution in [0.25, 0.3) is 0 Å². The molecule has 0 aliphatic heterocycles. The molecule has 0 rings (SSSR count). The molecule has 100 valence electrons. The summed E-state index contributed by atoms with van der Waals surface area (Å²) in [4.78, 5) is 24.7. The zero-order valence-electron chi connectivity index (χ0n) is 11.3. The zero-order valence-corrected chi connectivity index (χ0v) is 11.3. The number of methoxy groups -OCH3 is 1. The Morgan fingerprint density at radius 1 is 1.24 bits per heavy atom. The lowest BCUT2D eigenvalue weighted by Gasteiger charge is -2.25. The highest BCUT2D eigenvalue weighted by Crippen LogP contribution is 1.99. The second kappa shape index (κ2) is 8.98. The summed E-state index contributed by atoms with van der Waals surface area (Å²) in [6, 6.07) is -0.574. The molecule has 0 saturated heterocycles. The van der Waals surface area contributed by atoms with Gasteiger partial charge in [-0.1, -0.05) is 13.8 Å². The lowest BCUT2D eigenvalue weighted by molar-refractivity contribution is -0.145. The fourth-order valence-corrected chi connectivity index (χ4v) is 1.75. The van der Waals surface area contributed by atoms with E-state index in [4.69, 9.17) is 4.74 Å². The van der Waals surface area contributed by atoms with Gasteiger partial charge >= 0.3 is 5.97 Å². The van der Waals surface area contributed by atoms with Crippen molar-refractivity contribution < 1.29 is 14.3 Å². The quantitative estimate of drug-likeness (QED) is 0.641. The molecule has 0 bridgehead atoms. The van der Waals surface area contributed by atoms with E-state index in [1.165, 1.54) is 14.0 Å². The molecular formula is C12H24N2O3. The Morgan fingerprint density at radius 2 is 1.76 bits per heavy atom. The summed E-state index contributed by atoms with van der Waals surface area (Å²) < 4.78 is 4.69. The maximum absolute atomic E-state index is 11.5. The van der Waals surface area contributed by atoms with E-state index in [0.717, 1.165) is 25.9 Å². The van der Waals surface area contributed by atoms with Crippen LogP contribution < -0.4 is 5.32 Å². The predicted octanol–water partition coefficient (Wildman–Crippen LogP) is 0.786. The van der Waals surface area contributed by atoms with Gasteiger partial charge in [0.15, 0.2) is 0 Å². The average Bonchev–Trinajstić information content (AvgIpc) is 2.27. The minimum atomic E-state index is -0.574. The maximum Gasteiger partial charge on any atom is 0.329 e. The summed E-state index contributed by atoms with van der Waals surface area (Å²) in [5.41, 5.74) is 0. The van der Waals surface area contributed by atoms with Gasteiger partial charge in [0.1, 0.15) is 6.04 Å². The van der Waals surface area contributed by atoms with Crippen molar-refractivity contribution in [3.8, 4) is 0 Å². The molecule has 1 N–H and O–H groups in total. The van der Waals surface area contributed by atoms with Gasteiger partial charge in [0.2, 0.25) is 5.91 Å². The van der Waals surface area contributed by atoms with Crippen molar-refractivity contribution in [2.45, 2.75) is 39.7 Å². The van der Waals surface area contributed by atoms with Crippen molar-refractivity contribution >= 4 is 11.9 Å². The largest absolute Gasteiger partial charge is 0.467 e. The molecule has 17 heavy (non-hydrogen) atoms. The first kappa shape index (κ1) is 15.9. The number of amides is 1. The summed E-state index contributed by atoms with van der Waals surface area (Å²) in [6.07, 6.45) is 2.04. The van der Waals surface area contributed by atoms with Gasteiger partial charge in [0, 0.05) is 13.5 Å². The van der Waals surface area contributed by atoms with Gasteiger partial charge in [-0.25, -0.2) is 4.79 Å². The summed E-state index contributed by atoms with van der Waals surface area (Å²) in [6.45, 7) is 7.93. The number of ether oxygens (including phenoxy) is 1. The van der Waals surface area contributed by atoms with E-state index >= 15 is 0 Å². The van der Waals surface area contributed by atoms with Gasteiger partial charge in [-0.15, -0.1) is 0 Å². The third-order valence-electron chi connectivity index (χ3n) is 2.38. The Hall–Kier alpha value is -1.10. The summed E-state index contributed by atoms with van der Waals surface area (Å²) in [7, 11) is 1.33. The molecule has 0 spiro atoms. The van der Waals surface area contributed by atoms with Gasteiger partial charge in [-0.3, -0.25) is 4.79 Å². The van der Waals surface area contributed by atoms with Crippen LogP contribution in [0.3, 0.4) is 0 Å². The molecule has 0 aromatic rings. The molecule has 0 heterocycles. The molecule has 1 amide bonds. The minimum Gasteiger partial charge on any atom is -0.467 e. The number of carbonyl (C=O) groups excluding carboxylic acids is 2. The number of carbonyl (C=O) groups is 2. The lowest BCUT2D eigenvalue weighted by atomic mass is 10.2. The highest BCUT2D eigenvalue weighted by atomic mass is 16.5. The van der Waals surface area contributed by atoms with Crippen LogP contribution in [-0.4, -0.2) is 49.6 Å². The SMILES string of the molecule is CCCN(CCC)CC(NC(C)=O)C(=O)OC. The number of nitrogens with one attached hydrogen (secondary N) is 1. The molecule has 5 heteroatoms. The molecule has 0 aromatic heterocycles. The summed E-state index contributed by atoms with van der Waals surface area (Å²) >= 11 is 0. The zero-order chi connectivity index (χ0) is 13.3. The number of esters is 1. The predicted molar refractivity (Wildman–Crippen MR) is 66.6 cm³/mol. The minimum absolute atomic E-state index is 0.214. The Morgan fingerprint density at radius 3 is 2.12 bits per heavy atom. The second-order valence-corrected chi connectivity index (χ2v) is 4.08. The van der Waals surface area contributed by atoms with Crippen LogP contribution in [0.2, 0.25) is 0 Å². The maximum atomic E-state index is 11.5. The number of hydrogen-bond acceptors (Lipinski definition) is 4. The van der Waals surface area contributed by atoms with Crippen LogP contribution in [0.4, 0.5) is 0 Å². The first-order chi connectivity index (χ1) is 8.04. The molecule has 1 atom stereocenters. The van der Waals surface area contributed by atoms with Crippen molar-refractivity contribution in [3.05, 3.63) is 0 Å². The Bertz CT molecular complexity index is 238. The topological polar surface area (TPSA) is 58.6 Å². The van der Waals surface area contributed by atoms with Crippen LogP contribution in [-0.2, 0) is 14.3 Å². The van der Waals surface area contributed by atoms with Gasteiger partial charge in [-0.05, 0) is 25.9 Å². The molecular weight excluding hydrogens is 220 g/mol. The van der Waals surface area contributed by atoms with Crippen molar-refractivity contribution in [2.75, 3.05) is 26.7 Å². The van der Waals surface area contributed by atoms with Gasteiger partial charge in [0.05, 0.1) is 7.11 Å². The molecule has 0 saturated carbocycles. The van der Waals surface area contributed by atoms with Crippen molar-refractivity contribution in [1.82, 2.24) is 10.2 Å². The first-order valence-corrected chi connectivity index (χ1v) is 6.12. The Kier molecular flexibility index (Phi) is 8.40. The van der Waals surface area contributed by atoms with Crippen LogP contribution in [0.1, 0.15) is 33.6 Å².